The van der Waals surface area contributed by atoms with Crippen molar-refractivity contribution in [1.82, 2.24) is 15.0 Å². The molecule has 2 aromatic rings. The van der Waals surface area contributed by atoms with E-state index in [-0.39, 0.29) is 22.1 Å². The maximum atomic E-state index is 11.9. The Morgan fingerprint density at radius 1 is 1.33 bits per heavy atom. The Labute approximate surface area is 120 Å². The van der Waals surface area contributed by atoms with Crippen LogP contribution in [0.25, 0.3) is 0 Å². The highest BCUT2D eigenvalue weighted by molar-refractivity contribution is 7.89. The van der Waals surface area contributed by atoms with Crippen LogP contribution >= 0.6 is 0 Å². The first kappa shape index (κ1) is 14.9. The molecule has 0 spiro atoms. The third kappa shape index (κ3) is 3.01. The van der Waals surface area contributed by atoms with Crippen LogP contribution < -0.4 is 15.8 Å². The van der Waals surface area contributed by atoms with Crippen molar-refractivity contribution in [2.75, 3.05) is 18.1 Å². The molecule has 0 radical (unpaired) electrons. The van der Waals surface area contributed by atoms with E-state index in [0.717, 1.165) is 0 Å². The summed E-state index contributed by atoms with van der Waals surface area (Å²) < 4.78 is 30.3. The Bertz CT molecular complexity index is 784. The number of amides is 1. The molecule has 0 saturated carbocycles. The molecule has 0 bridgehead atoms. The topological polar surface area (TPSA) is 140 Å². The molecule has 21 heavy (non-hydrogen) atoms. The summed E-state index contributed by atoms with van der Waals surface area (Å²) in [6.45, 7) is 1.65. The third-order valence-corrected chi connectivity index (χ3v) is 4.29. The van der Waals surface area contributed by atoms with Crippen molar-refractivity contribution in [2.24, 2.45) is 0 Å². The van der Waals surface area contributed by atoms with Crippen molar-refractivity contribution in [1.29, 1.82) is 0 Å². The fourth-order valence-electron chi connectivity index (χ4n) is 1.62. The van der Waals surface area contributed by atoms with Gasteiger partial charge in [0.25, 0.3) is 5.91 Å². The molecule has 1 aromatic heterocycles. The van der Waals surface area contributed by atoms with Crippen LogP contribution in [0.3, 0.4) is 0 Å². The van der Waals surface area contributed by atoms with Gasteiger partial charge in [-0.15, -0.1) is 0 Å². The first-order valence-corrected chi connectivity index (χ1v) is 7.27. The minimum atomic E-state index is -3.62. The van der Waals surface area contributed by atoms with E-state index in [1.54, 1.807) is 19.1 Å². The van der Waals surface area contributed by atoms with Crippen LogP contribution in [0.5, 0.6) is 0 Å². The molecule has 0 aliphatic rings. The number of carbonyl (C=O) groups excluding carboxylic acids is 1. The van der Waals surface area contributed by atoms with Gasteiger partial charge in [-0.3, -0.25) is 4.79 Å². The van der Waals surface area contributed by atoms with Gasteiger partial charge in [0.05, 0.1) is 4.90 Å². The largest absolute Gasteiger partial charge is 0.379 e. The Kier molecular flexibility index (Phi) is 3.91. The zero-order chi connectivity index (χ0) is 15.6. The highest BCUT2D eigenvalue weighted by atomic mass is 32.2. The maximum Gasteiger partial charge on any atom is 0.281 e. The molecule has 0 saturated heterocycles. The summed E-state index contributed by atoms with van der Waals surface area (Å²) in [4.78, 5) is 12.0. The number of nitrogens with one attached hydrogen (secondary N) is 2. The molecule has 2 rings (SSSR count). The van der Waals surface area contributed by atoms with E-state index in [9.17, 15) is 13.2 Å². The van der Waals surface area contributed by atoms with Gasteiger partial charge in [-0.25, -0.2) is 17.8 Å². The molecule has 0 aliphatic heterocycles. The number of aromatic nitrogens is 2. The van der Waals surface area contributed by atoms with E-state index >= 15 is 0 Å². The highest BCUT2D eigenvalue weighted by Gasteiger charge is 2.19. The Morgan fingerprint density at radius 3 is 2.62 bits per heavy atom. The van der Waals surface area contributed by atoms with Gasteiger partial charge in [-0.2, -0.15) is 0 Å². The van der Waals surface area contributed by atoms with Gasteiger partial charge in [0.2, 0.25) is 21.5 Å². The van der Waals surface area contributed by atoms with Crippen molar-refractivity contribution in [3.63, 3.8) is 0 Å². The monoisotopic (exact) mass is 311 g/mol. The molecule has 1 heterocycles. The molecule has 0 fully saturated rings. The minimum absolute atomic E-state index is 0.0639. The second-order valence-electron chi connectivity index (χ2n) is 4.14. The number of carbonyl (C=O) groups is 1. The number of nitrogens with zero attached hydrogens (tertiary/aromatic N) is 2. The van der Waals surface area contributed by atoms with Crippen LogP contribution in [0, 0.1) is 6.92 Å². The predicted octanol–water partition coefficient (Wildman–Crippen LogP) is 0.121. The van der Waals surface area contributed by atoms with Crippen LogP contribution in [-0.2, 0) is 10.0 Å². The Morgan fingerprint density at radius 2 is 2.05 bits per heavy atom. The molecule has 0 unspecified atom stereocenters. The number of anilines is 2. The van der Waals surface area contributed by atoms with Crippen LogP contribution in [0.1, 0.15) is 16.1 Å². The SMILES string of the molecule is CNS(=O)(=O)c1cc(NC(=O)c2nonc2N)ccc1C. The number of rotatable bonds is 4. The summed E-state index contributed by atoms with van der Waals surface area (Å²) in [5.41, 5.74) is 6.06. The number of benzene rings is 1. The smallest absolute Gasteiger partial charge is 0.281 e. The van der Waals surface area contributed by atoms with Gasteiger partial charge in [0.1, 0.15) is 0 Å². The van der Waals surface area contributed by atoms with E-state index in [1.165, 1.54) is 13.1 Å². The first-order valence-electron chi connectivity index (χ1n) is 5.78. The summed E-state index contributed by atoms with van der Waals surface area (Å²) in [5.74, 6) is -0.798. The number of aryl methyl sites for hydroxylation is 1. The van der Waals surface area contributed by atoms with Crippen LogP contribution in [0.2, 0.25) is 0 Å². The van der Waals surface area contributed by atoms with Gasteiger partial charge in [-0.05, 0) is 42.0 Å². The highest BCUT2D eigenvalue weighted by Crippen LogP contribution is 2.20. The number of hydrogen-bond acceptors (Lipinski definition) is 7. The number of sulfonamides is 1. The molecule has 4 N–H and O–H groups in total. The zero-order valence-corrected chi connectivity index (χ0v) is 12.1. The van der Waals surface area contributed by atoms with Gasteiger partial charge in [-0.1, -0.05) is 6.07 Å². The molecular weight excluding hydrogens is 298 g/mol. The lowest BCUT2D eigenvalue weighted by atomic mass is 10.2. The number of hydrogen-bond donors (Lipinski definition) is 3. The molecule has 1 amide bonds. The zero-order valence-electron chi connectivity index (χ0n) is 11.2. The van der Waals surface area contributed by atoms with Crippen molar-refractivity contribution >= 4 is 27.4 Å². The third-order valence-electron chi connectivity index (χ3n) is 2.73. The van der Waals surface area contributed by atoms with Crippen LogP contribution in [0.15, 0.2) is 27.7 Å². The minimum Gasteiger partial charge on any atom is -0.379 e. The lowest BCUT2D eigenvalue weighted by Gasteiger charge is -2.09. The van der Waals surface area contributed by atoms with E-state index < -0.39 is 15.9 Å². The Balaban J connectivity index is 2.33. The predicted molar refractivity (Wildman–Crippen MR) is 74.1 cm³/mol. The fourth-order valence-corrected chi connectivity index (χ4v) is 2.61. The fraction of sp³-hybridized carbons (Fsp3) is 0.182. The summed E-state index contributed by atoms with van der Waals surface area (Å²) >= 11 is 0. The first-order chi connectivity index (χ1) is 9.85. The molecule has 112 valence electrons. The molecule has 0 atom stereocenters. The number of nitrogen functional groups attached to an aromatic ring is 1. The summed E-state index contributed by atoms with van der Waals surface area (Å²) in [6, 6.07) is 4.47. The van der Waals surface area contributed by atoms with Crippen molar-refractivity contribution < 1.29 is 17.8 Å². The van der Waals surface area contributed by atoms with Crippen molar-refractivity contribution in [2.45, 2.75) is 11.8 Å². The average Bonchev–Trinajstić information content (AvgIpc) is 2.87. The molecular formula is C11H13N5O4S. The lowest BCUT2D eigenvalue weighted by molar-refractivity contribution is 0.101. The van der Waals surface area contributed by atoms with E-state index in [4.69, 9.17) is 5.73 Å². The van der Waals surface area contributed by atoms with Gasteiger partial charge in [0.15, 0.2) is 0 Å². The van der Waals surface area contributed by atoms with Gasteiger partial charge in [0, 0.05) is 5.69 Å². The molecule has 9 nitrogen and oxygen atoms in total. The average molecular weight is 311 g/mol. The summed E-state index contributed by atoms with van der Waals surface area (Å²) in [5, 5.41) is 9.13. The Hall–Kier alpha value is -2.46. The van der Waals surface area contributed by atoms with E-state index in [2.05, 4.69) is 25.0 Å². The molecule has 0 aliphatic carbocycles. The second kappa shape index (κ2) is 5.50. The van der Waals surface area contributed by atoms with E-state index in [0.29, 0.717) is 5.56 Å². The quantitative estimate of drug-likeness (QED) is 0.728. The van der Waals surface area contributed by atoms with E-state index in [1.807, 2.05) is 0 Å². The van der Waals surface area contributed by atoms with Crippen molar-refractivity contribution in [3.05, 3.63) is 29.5 Å². The molecule has 1 aromatic carbocycles. The normalized spacial score (nSPS) is 11.3. The summed E-state index contributed by atoms with van der Waals surface area (Å²) in [7, 11) is -2.31. The standard InChI is InChI=1S/C11H13N5O4S/c1-6-3-4-7(5-8(6)21(18,19)13-2)14-11(17)9-10(12)16-20-15-9/h3-5,13H,1-2H3,(H2,12,16)(H,14,17). The lowest BCUT2D eigenvalue weighted by Crippen LogP contribution is -2.20. The van der Waals surface area contributed by atoms with Crippen LogP contribution in [-0.4, -0.2) is 31.7 Å². The second-order valence-corrected chi connectivity index (χ2v) is 5.99. The summed E-state index contributed by atoms with van der Waals surface area (Å²) in [6.07, 6.45) is 0. The van der Waals surface area contributed by atoms with Gasteiger partial charge < -0.3 is 11.1 Å². The molecule has 10 heteroatoms. The van der Waals surface area contributed by atoms with Gasteiger partial charge >= 0.3 is 0 Å². The van der Waals surface area contributed by atoms with Crippen molar-refractivity contribution in [3.8, 4) is 0 Å². The maximum absolute atomic E-state index is 11.9. The number of nitrogens with two attached hydrogens (primary N) is 1. The van der Waals surface area contributed by atoms with Crippen LogP contribution in [0.4, 0.5) is 11.5 Å².